The molecule has 0 atom stereocenters. The highest BCUT2D eigenvalue weighted by atomic mass is 79.9. The molecule has 2 nitrogen and oxygen atoms in total. The van der Waals surface area contributed by atoms with Crippen molar-refractivity contribution in [3.8, 4) is 11.4 Å². The Balaban J connectivity index is 2.28. The average Bonchev–Trinajstić information content (AvgIpc) is 2.67. The monoisotopic (exact) mass is 420 g/mol. The highest BCUT2D eigenvalue weighted by molar-refractivity contribution is 9.12. The minimum Gasteiger partial charge on any atom is -0.228 e. The lowest BCUT2D eigenvalue weighted by Gasteiger charge is -2.03. The van der Waals surface area contributed by atoms with Gasteiger partial charge in [0.1, 0.15) is 11.0 Å². The molecule has 1 aromatic carbocycles. The van der Waals surface area contributed by atoms with Crippen LogP contribution in [-0.2, 0) is 0 Å². The number of fused-ring (bicyclic) bond motifs is 1. The second-order valence-corrected chi connectivity index (χ2v) is 7.84. The van der Waals surface area contributed by atoms with Crippen molar-refractivity contribution in [1.82, 2.24) is 9.97 Å². The van der Waals surface area contributed by atoms with Gasteiger partial charge in [-0.05, 0) is 50.1 Å². The van der Waals surface area contributed by atoms with Crippen LogP contribution >= 0.6 is 54.8 Å². The number of rotatable bonds is 1. The second kappa shape index (κ2) is 5.09. The fourth-order valence-corrected chi connectivity index (χ4v) is 4.71. The van der Waals surface area contributed by atoms with Crippen molar-refractivity contribution in [2.24, 2.45) is 0 Å². The van der Waals surface area contributed by atoms with E-state index in [9.17, 15) is 4.39 Å². The van der Waals surface area contributed by atoms with Gasteiger partial charge in [0.05, 0.1) is 13.1 Å². The third kappa shape index (κ3) is 2.54. The maximum Gasteiger partial charge on any atom is 0.163 e. The molecule has 0 unspecified atom stereocenters. The van der Waals surface area contributed by atoms with Crippen LogP contribution in [0.25, 0.3) is 22.3 Å². The summed E-state index contributed by atoms with van der Waals surface area (Å²) in [6, 6.07) is 6.16. The molecule has 0 N–H and O–H groups in total. The van der Waals surface area contributed by atoms with Crippen LogP contribution in [0.1, 0.15) is 0 Å². The summed E-state index contributed by atoms with van der Waals surface area (Å²) in [7, 11) is 0. The quantitative estimate of drug-likeness (QED) is 0.472. The molecule has 0 aliphatic carbocycles. The van der Waals surface area contributed by atoms with E-state index in [0.717, 1.165) is 13.1 Å². The Morgan fingerprint density at radius 2 is 1.95 bits per heavy atom. The molecule has 2 aromatic heterocycles. The molecule has 3 rings (SSSR count). The molecule has 0 fully saturated rings. The van der Waals surface area contributed by atoms with Crippen LogP contribution < -0.4 is 0 Å². The smallest absolute Gasteiger partial charge is 0.163 e. The summed E-state index contributed by atoms with van der Waals surface area (Å²) >= 11 is 14.5. The lowest BCUT2D eigenvalue weighted by molar-refractivity contribution is 0.629. The van der Waals surface area contributed by atoms with Crippen molar-refractivity contribution < 1.29 is 4.39 Å². The highest BCUT2D eigenvalue weighted by Crippen LogP contribution is 2.38. The number of aromatic nitrogens is 2. The van der Waals surface area contributed by atoms with Crippen LogP contribution in [0.2, 0.25) is 5.15 Å². The molecule has 7 heteroatoms. The Hall–Kier alpha value is -0.560. The van der Waals surface area contributed by atoms with E-state index in [4.69, 9.17) is 11.6 Å². The third-order valence-electron chi connectivity index (χ3n) is 2.51. The van der Waals surface area contributed by atoms with E-state index < -0.39 is 0 Å². The van der Waals surface area contributed by atoms with Gasteiger partial charge in [-0.15, -0.1) is 11.3 Å². The molecule has 0 saturated heterocycles. The number of nitrogens with zero attached hydrogens (tertiary/aromatic N) is 2. The van der Waals surface area contributed by atoms with Gasteiger partial charge in [-0.1, -0.05) is 11.6 Å². The fraction of sp³-hybridized carbons (Fsp3) is 0. The number of hydrogen-bond acceptors (Lipinski definition) is 3. The topological polar surface area (TPSA) is 25.8 Å². The number of hydrogen-bond donors (Lipinski definition) is 0. The van der Waals surface area contributed by atoms with E-state index in [1.165, 1.54) is 23.5 Å². The number of thiophene rings is 1. The molecule has 96 valence electrons. The summed E-state index contributed by atoms with van der Waals surface area (Å²) in [4.78, 5) is 8.62. The maximum atomic E-state index is 13.3. The minimum absolute atomic E-state index is 0.314. The Bertz CT molecular complexity index is 791. The molecule has 0 aliphatic heterocycles. The third-order valence-corrected chi connectivity index (χ3v) is 5.14. The van der Waals surface area contributed by atoms with E-state index in [1.807, 2.05) is 6.07 Å². The second-order valence-electron chi connectivity index (χ2n) is 3.74. The van der Waals surface area contributed by atoms with Gasteiger partial charge >= 0.3 is 0 Å². The van der Waals surface area contributed by atoms with E-state index in [2.05, 4.69) is 41.8 Å². The van der Waals surface area contributed by atoms with Crippen molar-refractivity contribution >= 4 is 65.7 Å². The zero-order valence-electron chi connectivity index (χ0n) is 9.12. The Morgan fingerprint density at radius 3 is 2.63 bits per heavy atom. The van der Waals surface area contributed by atoms with Gasteiger partial charge in [-0.2, -0.15) is 0 Å². The van der Waals surface area contributed by atoms with Gasteiger partial charge in [0, 0.05) is 17.0 Å². The number of halogens is 4. The summed E-state index contributed by atoms with van der Waals surface area (Å²) in [5.41, 5.74) is 1.31. The molecular weight excluding hydrogens is 418 g/mol. The van der Waals surface area contributed by atoms with E-state index in [1.54, 1.807) is 6.07 Å². The first-order valence-corrected chi connectivity index (χ1v) is 7.90. The van der Waals surface area contributed by atoms with Crippen molar-refractivity contribution in [2.75, 3.05) is 0 Å². The van der Waals surface area contributed by atoms with Gasteiger partial charge < -0.3 is 0 Å². The predicted octanol–water partition coefficient (Wildman–Crippen LogP) is 5.68. The van der Waals surface area contributed by atoms with Crippen LogP contribution in [0.5, 0.6) is 0 Å². The van der Waals surface area contributed by atoms with Gasteiger partial charge in [0.2, 0.25) is 0 Å². The first kappa shape index (κ1) is 13.4. The molecule has 3 aromatic rings. The first-order chi connectivity index (χ1) is 9.04. The molecule has 19 heavy (non-hydrogen) atoms. The zero-order chi connectivity index (χ0) is 13.6. The normalized spacial score (nSPS) is 11.2. The Morgan fingerprint density at radius 1 is 1.16 bits per heavy atom. The molecule has 0 saturated carbocycles. The predicted molar refractivity (Wildman–Crippen MR) is 83.2 cm³/mol. The first-order valence-electron chi connectivity index (χ1n) is 5.12. The van der Waals surface area contributed by atoms with Crippen LogP contribution in [0, 0.1) is 5.82 Å². The van der Waals surface area contributed by atoms with E-state index in [0.29, 0.717) is 21.9 Å². The fourth-order valence-electron chi connectivity index (χ4n) is 1.68. The summed E-state index contributed by atoms with van der Waals surface area (Å²) in [5, 5.41) is 0.950. The summed E-state index contributed by atoms with van der Waals surface area (Å²) in [6.07, 6.45) is 0. The van der Waals surface area contributed by atoms with E-state index in [-0.39, 0.29) is 5.82 Å². The lowest BCUT2D eigenvalue weighted by Crippen LogP contribution is -1.92. The summed E-state index contributed by atoms with van der Waals surface area (Å²) in [6.45, 7) is 0. The van der Waals surface area contributed by atoms with Gasteiger partial charge in [0.15, 0.2) is 5.82 Å². The lowest BCUT2D eigenvalue weighted by atomic mass is 10.2. The Labute approximate surface area is 133 Å². The van der Waals surface area contributed by atoms with Crippen LogP contribution in [0.4, 0.5) is 4.39 Å². The average molecular weight is 423 g/mol. The summed E-state index contributed by atoms with van der Waals surface area (Å²) < 4.78 is 15.1. The molecule has 0 bridgehead atoms. The van der Waals surface area contributed by atoms with Crippen molar-refractivity contribution in [3.05, 3.63) is 42.8 Å². The SMILES string of the molecule is Fc1ccc2c(Cl)nc(-c3cc(Br)sc3Br)nc2c1. The zero-order valence-corrected chi connectivity index (χ0v) is 13.9. The largest absolute Gasteiger partial charge is 0.228 e. The van der Waals surface area contributed by atoms with Crippen molar-refractivity contribution in [1.29, 1.82) is 0 Å². The standard InChI is InChI=1S/C12H4Br2ClFN2S/c13-9-4-7(10(14)19-9)12-17-8-3-5(16)1-2-6(8)11(15)18-12/h1-4H. The van der Waals surface area contributed by atoms with Crippen molar-refractivity contribution in [2.45, 2.75) is 0 Å². The molecule has 0 spiro atoms. The molecular formula is C12H4Br2ClFN2S. The van der Waals surface area contributed by atoms with Crippen LogP contribution in [-0.4, -0.2) is 9.97 Å². The van der Waals surface area contributed by atoms with Gasteiger partial charge in [0.25, 0.3) is 0 Å². The molecule has 0 radical (unpaired) electrons. The van der Waals surface area contributed by atoms with Crippen molar-refractivity contribution in [3.63, 3.8) is 0 Å². The summed E-state index contributed by atoms with van der Waals surface area (Å²) in [5.74, 6) is 0.121. The minimum atomic E-state index is -0.348. The van der Waals surface area contributed by atoms with Gasteiger partial charge in [-0.3, -0.25) is 0 Å². The maximum absolute atomic E-state index is 13.3. The number of benzene rings is 1. The molecule has 2 heterocycles. The molecule has 0 amide bonds. The van der Waals surface area contributed by atoms with Crippen LogP contribution in [0.15, 0.2) is 31.8 Å². The van der Waals surface area contributed by atoms with Crippen LogP contribution in [0.3, 0.4) is 0 Å². The Kier molecular flexibility index (Phi) is 3.59. The van der Waals surface area contributed by atoms with E-state index >= 15 is 0 Å². The molecule has 0 aliphatic rings. The van der Waals surface area contributed by atoms with Gasteiger partial charge in [-0.25, -0.2) is 14.4 Å². The highest BCUT2D eigenvalue weighted by Gasteiger charge is 2.13.